The first-order chi connectivity index (χ1) is 16.3. The lowest BCUT2D eigenvalue weighted by atomic mass is 10.1. The molecule has 0 atom stereocenters. The number of halogens is 1. The van der Waals surface area contributed by atoms with E-state index in [1.165, 1.54) is 12.1 Å². The van der Waals surface area contributed by atoms with Crippen molar-refractivity contribution in [3.8, 4) is 11.4 Å². The number of tetrazole rings is 1. The average molecular weight is 483 g/mol. The number of aryl methyl sites for hydroxylation is 1. The van der Waals surface area contributed by atoms with Crippen LogP contribution in [0, 0.1) is 12.7 Å². The van der Waals surface area contributed by atoms with Gasteiger partial charge in [0.25, 0.3) is 5.91 Å². The third kappa shape index (κ3) is 5.75. The fraction of sp³-hybridized carbons (Fsp3) is 0.143. The summed E-state index contributed by atoms with van der Waals surface area (Å²) in [6.45, 7) is 1.79. The predicted molar refractivity (Wildman–Crippen MR) is 120 cm³/mol. The molecule has 174 valence electrons. The van der Waals surface area contributed by atoms with Gasteiger partial charge in [0.05, 0.1) is 5.75 Å². The molecule has 0 bridgehead atoms. The van der Waals surface area contributed by atoms with Crippen molar-refractivity contribution in [1.29, 1.82) is 0 Å². The SMILES string of the molecule is Cc1cc(CNC(=O)c2cc(NS(=O)(=O)Cc3ccc(-c4nn[nH]n4)cc3)ncn2)ccc1F. The van der Waals surface area contributed by atoms with E-state index in [0.717, 1.165) is 6.33 Å². The molecule has 0 aliphatic heterocycles. The smallest absolute Gasteiger partial charge is 0.270 e. The maximum Gasteiger partial charge on any atom is 0.270 e. The molecule has 2 aromatic carbocycles. The minimum absolute atomic E-state index is 0.0176. The Hall–Kier alpha value is -4.26. The maximum absolute atomic E-state index is 13.4. The number of amides is 1. The summed E-state index contributed by atoms with van der Waals surface area (Å²) in [5.41, 5.74) is 2.38. The molecule has 0 fully saturated rings. The highest BCUT2D eigenvalue weighted by atomic mass is 32.2. The minimum Gasteiger partial charge on any atom is -0.347 e. The van der Waals surface area contributed by atoms with Crippen molar-refractivity contribution in [2.75, 3.05) is 4.72 Å². The molecule has 11 nitrogen and oxygen atoms in total. The molecule has 0 saturated heterocycles. The van der Waals surface area contributed by atoms with Crippen LogP contribution < -0.4 is 10.0 Å². The number of anilines is 1. The average Bonchev–Trinajstić information content (AvgIpc) is 3.35. The quantitative estimate of drug-likeness (QED) is 0.344. The first kappa shape index (κ1) is 22.9. The van der Waals surface area contributed by atoms with Gasteiger partial charge >= 0.3 is 0 Å². The van der Waals surface area contributed by atoms with Gasteiger partial charge in [0.2, 0.25) is 15.8 Å². The molecule has 34 heavy (non-hydrogen) atoms. The Morgan fingerprint density at radius 1 is 1.06 bits per heavy atom. The number of hydrogen-bond acceptors (Lipinski definition) is 8. The summed E-state index contributed by atoms with van der Waals surface area (Å²) < 4.78 is 40.9. The van der Waals surface area contributed by atoms with Gasteiger partial charge in [0.15, 0.2) is 0 Å². The van der Waals surface area contributed by atoms with Crippen LogP contribution in [0.5, 0.6) is 0 Å². The summed E-state index contributed by atoms with van der Waals surface area (Å²) in [6, 6.07) is 12.4. The van der Waals surface area contributed by atoms with Crippen LogP contribution in [0.3, 0.4) is 0 Å². The second-order valence-electron chi connectivity index (χ2n) is 7.35. The molecule has 4 rings (SSSR count). The van der Waals surface area contributed by atoms with Crippen molar-refractivity contribution in [1.82, 2.24) is 35.9 Å². The van der Waals surface area contributed by atoms with Gasteiger partial charge in [0, 0.05) is 18.2 Å². The summed E-state index contributed by atoms with van der Waals surface area (Å²) in [5.74, 6) is -0.808. The summed E-state index contributed by atoms with van der Waals surface area (Å²) in [6.07, 6.45) is 1.09. The third-order valence-electron chi connectivity index (χ3n) is 4.75. The van der Waals surface area contributed by atoms with Gasteiger partial charge < -0.3 is 5.32 Å². The molecule has 0 aliphatic carbocycles. The number of H-pyrrole nitrogens is 1. The van der Waals surface area contributed by atoms with Gasteiger partial charge in [-0.25, -0.2) is 22.8 Å². The number of carbonyl (C=O) groups is 1. The van der Waals surface area contributed by atoms with Crippen LogP contribution in [0.4, 0.5) is 10.2 Å². The Morgan fingerprint density at radius 3 is 2.53 bits per heavy atom. The van der Waals surface area contributed by atoms with Crippen molar-refractivity contribution in [2.24, 2.45) is 0 Å². The summed E-state index contributed by atoms with van der Waals surface area (Å²) in [4.78, 5) is 20.2. The lowest BCUT2D eigenvalue weighted by molar-refractivity contribution is 0.0945. The number of carbonyl (C=O) groups excluding carboxylic acids is 1. The molecule has 0 saturated carbocycles. The Bertz CT molecular complexity index is 1410. The molecule has 0 aliphatic rings. The summed E-state index contributed by atoms with van der Waals surface area (Å²) >= 11 is 0. The topological polar surface area (TPSA) is 156 Å². The van der Waals surface area contributed by atoms with E-state index >= 15 is 0 Å². The van der Waals surface area contributed by atoms with Crippen molar-refractivity contribution < 1.29 is 17.6 Å². The Labute approximate surface area is 193 Å². The predicted octanol–water partition coefficient (Wildman–Crippen LogP) is 1.98. The molecule has 1 amide bonds. The second kappa shape index (κ2) is 9.70. The molecule has 13 heteroatoms. The largest absolute Gasteiger partial charge is 0.347 e. The first-order valence-corrected chi connectivity index (χ1v) is 11.6. The molecule has 4 aromatic rings. The Morgan fingerprint density at radius 2 is 1.82 bits per heavy atom. The number of sulfonamides is 1. The molecule has 0 radical (unpaired) electrons. The van der Waals surface area contributed by atoms with Crippen LogP contribution in [0.1, 0.15) is 27.2 Å². The molecule has 0 spiro atoms. The summed E-state index contributed by atoms with van der Waals surface area (Å²) in [7, 11) is -3.82. The number of rotatable bonds is 8. The number of nitrogens with zero attached hydrogens (tertiary/aromatic N) is 5. The van der Waals surface area contributed by atoms with Gasteiger partial charge in [-0.05, 0) is 34.9 Å². The normalized spacial score (nSPS) is 11.2. The van der Waals surface area contributed by atoms with Crippen molar-refractivity contribution in [2.45, 2.75) is 19.2 Å². The van der Waals surface area contributed by atoms with E-state index in [4.69, 9.17) is 0 Å². The zero-order valence-corrected chi connectivity index (χ0v) is 18.7. The molecule has 2 aromatic heterocycles. The number of aromatic amines is 1. The van der Waals surface area contributed by atoms with Gasteiger partial charge in [-0.1, -0.05) is 36.4 Å². The lowest BCUT2D eigenvalue weighted by Gasteiger charge is -2.09. The molecular formula is C21H19FN8O3S. The van der Waals surface area contributed by atoms with E-state index in [2.05, 4.69) is 40.6 Å². The zero-order valence-electron chi connectivity index (χ0n) is 17.9. The van der Waals surface area contributed by atoms with Crippen LogP contribution in [0.2, 0.25) is 0 Å². The van der Waals surface area contributed by atoms with Crippen LogP contribution in [0.25, 0.3) is 11.4 Å². The zero-order chi connectivity index (χ0) is 24.1. The van der Waals surface area contributed by atoms with Gasteiger partial charge in [-0.3, -0.25) is 9.52 Å². The standard InChI is InChI=1S/C21H19FN8O3S/c1-13-8-15(4-7-17(13)22)10-23-21(31)18-9-19(25-12-24-18)28-34(32,33)11-14-2-5-16(6-3-14)20-26-29-30-27-20/h2-9,12H,10-11H2,1H3,(H,23,31)(H,24,25,28)(H,26,27,29,30). The highest BCUT2D eigenvalue weighted by Crippen LogP contribution is 2.17. The number of nitrogens with one attached hydrogen (secondary N) is 3. The van der Waals surface area contributed by atoms with Gasteiger partial charge in [0.1, 0.15) is 23.7 Å². The van der Waals surface area contributed by atoms with Crippen LogP contribution >= 0.6 is 0 Å². The first-order valence-electron chi connectivity index (χ1n) is 9.97. The molecule has 3 N–H and O–H groups in total. The number of benzene rings is 2. The van der Waals surface area contributed by atoms with Crippen molar-refractivity contribution in [3.05, 3.63) is 83.1 Å². The monoisotopic (exact) mass is 482 g/mol. The number of aromatic nitrogens is 6. The Kier molecular flexibility index (Phi) is 6.54. The molecular weight excluding hydrogens is 463 g/mol. The van der Waals surface area contributed by atoms with Crippen LogP contribution in [0.15, 0.2) is 54.9 Å². The molecule has 2 heterocycles. The highest BCUT2D eigenvalue weighted by molar-refractivity contribution is 7.91. The van der Waals surface area contributed by atoms with E-state index in [1.807, 2.05) is 0 Å². The van der Waals surface area contributed by atoms with Gasteiger partial charge in [-0.2, -0.15) is 5.21 Å². The van der Waals surface area contributed by atoms with E-state index in [9.17, 15) is 17.6 Å². The molecule has 0 unspecified atom stereocenters. The van der Waals surface area contributed by atoms with E-state index < -0.39 is 15.9 Å². The van der Waals surface area contributed by atoms with Crippen molar-refractivity contribution >= 4 is 21.7 Å². The van der Waals surface area contributed by atoms with Gasteiger partial charge in [-0.15, -0.1) is 10.2 Å². The third-order valence-corrected chi connectivity index (χ3v) is 5.98. The maximum atomic E-state index is 13.4. The van der Waals surface area contributed by atoms with E-state index in [0.29, 0.717) is 28.1 Å². The minimum atomic E-state index is -3.82. The summed E-state index contributed by atoms with van der Waals surface area (Å²) in [5, 5.41) is 16.2. The van der Waals surface area contributed by atoms with E-state index in [1.54, 1.807) is 43.3 Å². The second-order valence-corrected chi connectivity index (χ2v) is 9.07. The van der Waals surface area contributed by atoms with Crippen LogP contribution in [-0.2, 0) is 22.3 Å². The fourth-order valence-corrected chi connectivity index (χ4v) is 4.21. The van der Waals surface area contributed by atoms with Crippen LogP contribution in [-0.4, -0.2) is 44.9 Å². The number of hydrogen-bond donors (Lipinski definition) is 3. The fourth-order valence-electron chi connectivity index (χ4n) is 3.08. The van der Waals surface area contributed by atoms with E-state index in [-0.39, 0.29) is 29.6 Å². The van der Waals surface area contributed by atoms with Crippen molar-refractivity contribution in [3.63, 3.8) is 0 Å². The highest BCUT2D eigenvalue weighted by Gasteiger charge is 2.16. The Balaban J connectivity index is 1.38. The lowest BCUT2D eigenvalue weighted by Crippen LogP contribution is -2.24.